The number of anilines is 2. The van der Waals surface area contributed by atoms with Crippen LogP contribution in [0.1, 0.15) is 42.9 Å². The molecule has 1 aliphatic heterocycles. The van der Waals surface area contributed by atoms with E-state index in [-0.39, 0.29) is 17.7 Å². The van der Waals surface area contributed by atoms with E-state index in [0.29, 0.717) is 18.3 Å². The van der Waals surface area contributed by atoms with Crippen molar-refractivity contribution >= 4 is 23.8 Å². The highest BCUT2D eigenvalue weighted by molar-refractivity contribution is 5.98. The zero-order chi connectivity index (χ0) is 27.0. The molecule has 1 aliphatic carbocycles. The largest absolute Gasteiger partial charge is 0.379 e. The Kier molecular flexibility index (Phi) is 8.80. The van der Waals surface area contributed by atoms with Crippen molar-refractivity contribution in [2.75, 3.05) is 50.0 Å². The van der Waals surface area contributed by atoms with E-state index in [0.717, 1.165) is 61.6 Å². The number of H-pyrrole nitrogens is 1. The molecule has 2 aliphatic rings. The average molecular weight is 529 g/mol. The molecule has 3 aromatic rings. The lowest BCUT2D eigenvalue weighted by atomic mass is 9.87. The Labute approximate surface area is 229 Å². The number of ether oxygens (including phenoxy) is 1. The molecule has 1 aromatic carbocycles. The van der Waals surface area contributed by atoms with Crippen molar-refractivity contribution in [3.05, 3.63) is 72.1 Å². The number of carbonyl (C=O) groups excluding carboxylic acids is 2. The maximum atomic E-state index is 12.3. The van der Waals surface area contributed by atoms with Gasteiger partial charge in [0, 0.05) is 67.6 Å². The molecule has 39 heavy (non-hydrogen) atoms. The summed E-state index contributed by atoms with van der Waals surface area (Å²) in [5.41, 5.74) is 4.03. The van der Waals surface area contributed by atoms with Crippen LogP contribution >= 0.6 is 0 Å². The normalized spacial score (nSPS) is 17.6. The number of carbonyl (C=O) groups is 2. The third-order valence-electron chi connectivity index (χ3n) is 7.34. The van der Waals surface area contributed by atoms with Gasteiger partial charge in [0.2, 0.25) is 5.91 Å². The van der Waals surface area contributed by atoms with Crippen molar-refractivity contribution in [2.45, 2.75) is 31.6 Å². The first kappa shape index (κ1) is 26.8. The smallest absolute Gasteiger partial charge is 0.249 e. The van der Waals surface area contributed by atoms with Crippen molar-refractivity contribution in [3.63, 3.8) is 0 Å². The van der Waals surface area contributed by atoms with Gasteiger partial charge in [-0.15, -0.1) is 0 Å². The lowest BCUT2D eigenvalue weighted by molar-refractivity contribution is -0.112. The molecule has 204 valence electrons. The van der Waals surface area contributed by atoms with Gasteiger partial charge >= 0.3 is 0 Å². The first-order chi connectivity index (χ1) is 19.1. The summed E-state index contributed by atoms with van der Waals surface area (Å²) < 4.78 is 5.34. The summed E-state index contributed by atoms with van der Waals surface area (Å²) >= 11 is 0. The van der Waals surface area contributed by atoms with E-state index in [1.807, 2.05) is 36.4 Å². The number of nitrogens with one attached hydrogen (secondary N) is 3. The van der Waals surface area contributed by atoms with Crippen LogP contribution in [-0.4, -0.2) is 71.7 Å². The zero-order valence-corrected chi connectivity index (χ0v) is 22.3. The number of rotatable bonds is 12. The van der Waals surface area contributed by atoms with E-state index in [1.165, 1.54) is 18.5 Å². The maximum absolute atomic E-state index is 12.3. The van der Waals surface area contributed by atoms with Gasteiger partial charge in [0.15, 0.2) is 0 Å². The standard InChI is InChI=1S/C30H36N6O3/c1-21(18-31-29-17-27(34-35-29)22-7-8-22)26(20-37)24-5-2-4-23(16-24)25-9-10-28(32-19-25)33-30(38)6-3-11-36-12-14-39-15-13-36/h2-6,9-10,16-17,19-22,26H,7-8,11-15,18H2,1H3,(H2,31,34,35)(H,32,33,38)/b6-3+/t21-,26-/m1/s1. The molecular weight excluding hydrogens is 492 g/mol. The number of amides is 1. The second kappa shape index (κ2) is 12.8. The Morgan fingerprint density at radius 2 is 2.00 bits per heavy atom. The minimum atomic E-state index is -0.255. The highest BCUT2D eigenvalue weighted by Crippen LogP contribution is 2.39. The second-order valence-corrected chi connectivity index (χ2v) is 10.4. The molecule has 5 rings (SSSR count). The molecule has 9 nitrogen and oxygen atoms in total. The number of nitrogens with zero attached hydrogens (tertiary/aromatic N) is 3. The Balaban J connectivity index is 1.16. The SMILES string of the molecule is C[C@H](CNc1cc(C2CC2)[nH]n1)[C@@H](C=O)c1cccc(-c2ccc(NC(=O)/C=C/CN3CCOCC3)nc2)c1. The summed E-state index contributed by atoms with van der Waals surface area (Å²) in [6, 6.07) is 13.8. The summed E-state index contributed by atoms with van der Waals surface area (Å²) in [5, 5.41) is 13.6. The van der Waals surface area contributed by atoms with Crippen LogP contribution in [0.15, 0.2) is 60.8 Å². The monoisotopic (exact) mass is 528 g/mol. The fourth-order valence-electron chi connectivity index (χ4n) is 4.79. The Bertz CT molecular complexity index is 1280. The van der Waals surface area contributed by atoms with Gasteiger partial charge in [0.1, 0.15) is 17.9 Å². The summed E-state index contributed by atoms with van der Waals surface area (Å²) in [7, 11) is 0. The number of benzene rings is 1. The van der Waals surface area contributed by atoms with Gasteiger partial charge in [0.25, 0.3) is 0 Å². The second-order valence-electron chi connectivity index (χ2n) is 10.4. The predicted molar refractivity (Wildman–Crippen MR) is 152 cm³/mol. The number of aldehydes is 1. The van der Waals surface area contributed by atoms with Crippen LogP contribution in [0.5, 0.6) is 0 Å². The van der Waals surface area contributed by atoms with Gasteiger partial charge in [-0.3, -0.25) is 14.8 Å². The maximum Gasteiger partial charge on any atom is 0.249 e. The number of hydrogen-bond donors (Lipinski definition) is 3. The molecule has 2 aromatic heterocycles. The predicted octanol–water partition coefficient (Wildman–Crippen LogP) is 4.21. The van der Waals surface area contributed by atoms with Crippen molar-refractivity contribution in [1.29, 1.82) is 0 Å². The van der Waals surface area contributed by atoms with Crippen LogP contribution in [0, 0.1) is 5.92 Å². The molecule has 1 saturated carbocycles. The van der Waals surface area contributed by atoms with Crippen molar-refractivity contribution in [2.24, 2.45) is 5.92 Å². The summed E-state index contributed by atoms with van der Waals surface area (Å²) in [4.78, 5) is 31.0. The number of pyridine rings is 1. The lowest BCUT2D eigenvalue weighted by Crippen LogP contribution is -2.36. The van der Waals surface area contributed by atoms with Crippen molar-refractivity contribution < 1.29 is 14.3 Å². The topological polar surface area (TPSA) is 112 Å². The van der Waals surface area contributed by atoms with Gasteiger partial charge in [0.05, 0.1) is 13.2 Å². The van der Waals surface area contributed by atoms with Crippen LogP contribution in [0.4, 0.5) is 11.6 Å². The molecule has 0 unspecified atom stereocenters. The lowest BCUT2D eigenvalue weighted by Gasteiger charge is -2.24. The first-order valence-electron chi connectivity index (χ1n) is 13.7. The zero-order valence-electron chi connectivity index (χ0n) is 22.3. The van der Waals surface area contributed by atoms with Crippen LogP contribution in [0.2, 0.25) is 0 Å². The van der Waals surface area contributed by atoms with Gasteiger partial charge < -0.3 is 20.2 Å². The Hall–Kier alpha value is -3.82. The highest BCUT2D eigenvalue weighted by atomic mass is 16.5. The molecule has 3 N–H and O–H groups in total. The molecule has 2 fully saturated rings. The van der Waals surface area contributed by atoms with Gasteiger partial charge in [-0.05, 0) is 42.0 Å². The Morgan fingerprint density at radius 1 is 1.15 bits per heavy atom. The third kappa shape index (κ3) is 7.40. The molecule has 0 spiro atoms. The van der Waals surface area contributed by atoms with E-state index in [4.69, 9.17) is 4.74 Å². The molecular formula is C30H36N6O3. The van der Waals surface area contributed by atoms with E-state index in [1.54, 1.807) is 18.3 Å². The van der Waals surface area contributed by atoms with Gasteiger partial charge in [-0.25, -0.2) is 4.98 Å². The summed E-state index contributed by atoms with van der Waals surface area (Å²) in [6.07, 6.45) is 8.61. The fourth-order valence-corrected chi connectivity index (χ4v) is 4.79. The molecule has 3 heterocycles. The minimum Gasteiger partial charge on any atom is -0.379 e. The molecule has 2 atom stereocenters. The first-order valence-corrected chi connectivity index (χ1v) is 13.7. The van der Waals surface area contributed by atoms with E-state index in [9.17, 15) is 9.59 Å². The molecule has 0 bridgehead atoms. The van der Waals surface area contributed by atoms with Gasteiger partial charge in [-0.2, -0.15) is 5.10 Å². The van der Waals surface area contributed by atoms with Crippen LogP contribution in [0.3, 0.4) is 0 Å². The number of aromatic nitrogens is 3. The van der Waals surface area contributed by atoms with Crippen LogP contribution in [-0.2, 0) is 14.3 Å². The minimum absolute atomic E-state index is 0.0749. The average Bonchev–Trinajstić information content (AvgIpc) is 3.71. The van der Waals surface area contributed by atoms with Crippen molar-refractivity contribution in [1.82, 2.24) is 20.1 Å². The van der Waals surface area contributed by atoms with Crippen LogP contribution < -0.4 is 10.6 Å². The van der Waals surface area contributed by atoms with E-state index in [2.05, 4.69) is 43.7 Å². The Morgan fingerprint density at radius 3 is 2.74 bits per heavy atom. The number of morpholine rings is 1. The molecule has 1 amide bonds. The molecule has 9 heteroatoms. The third-order valence-corrected chi connectivity index (χ3v) is 7.34. The fraction of sp³-hybridized carbons (Fsp3) is 0.400. The number of hydrogen-bond acceptors (Lipinski definition) is 7. The van der Waals surface area contributed by atoms with Gasteiger partial charge in [-0.1, -0.05) is 37.3 Å². The van der Waals surface area contributed by atoms with E-state index >= 15 is 0 Å². The van der Waals surface area contributed by atoms with Crippen molar-refractivity contribution in [3.8, 4) is 11.1 Å². The summed E-state index contributed by atoms with van der Waals surface area (Å²) in [6.45, 7) is 6.66. The quantitative estimate of drug-likeness (QED) is 0.239. The van der Waals surface area contributed by atoms with E-state index < -0.39 is 0 Å². The molecule has 0 radical (unpaired) electrons. The number of aromatic amines is 1. The highest BCUT2D eigenvalue weighted by Gasteiger charge is 2.26. The molecule has 1 saturated heterocycles. The summed E-state index contributed by atoms with van der Waals surface area (Å²) in [5.74, 6) is 1.55. The van der Waals surface area contributed by atoms with Crippen LogP contribution in [0.25, 0.3) is 11.1 Å².